The molecule has 0 bridgehead atoms. The van der Waals surface area contributed by atoms with Gasteiger partial charge in [-0.3, -0.25) is 0 Å². The Morgan fingerprint density at radius 3 is 2.53 bits per heavy atom. The van der Waals surface area contributed by atoms with Gasteiger partial charge in [0.05, 0.1) is 24.0 Å². The third-order valence-electron chi connectivity index (χ3n) is 3.04. The maximum absolute atomic E-state index is 9.76. The normalized spacial score (nSPS) is 26.1. The lowest BCUT2D eigenvalue weighted by Gasteiger charge is -2.27. The molecule has 0 amide bonds. The summed E-state index contributed by atoms with van der Waals surface area (Å²) in [5.74, 6) is 0. The number of hydrogen-bond donors (Lipinski definition) is 2. The van der Waals surface area contributed by atoms with Crippen molar-refractivity contribution in [1.29, 1.82) is 0 Å². The van der Waals surface area contributed by atoms with Crippen LogP contribution in [0.15, 0.2) is 5.16 Å². The van der Waals surface area contributed by atoms with Gasteiger partial charge in [0.1, 0.15) is 0 Å². The zero-order chi connectivity index (χ0) is 11.3. The molecular formula is C11H21NO3. The first-order valence-electron chi connectivity index (χ1n) is 5.61. The van der Waals surface area contributed by atoms with Crippen molar-refractivity contribution >= 4 is 5.71 Å². The highest BCUT2D eigenvalue weighted by molar-refractivity contribution is 5.84. The zero-order valence-electron chi connectivity index (χ0n) is 9.57. The first-order valence-corrected chi connectivity index (χ1v) is 5.61. The minimum atomic E-state index is -0.717. The van der Waals surface area contributed by atoms with Gasteiger partial charge in [-0.1, -0.05) is 12.1 Å². The summed E-state index contributed by atoms with van der Waals surface area (Å²) in [5, 5.41) is 21.6. The highest BCUT2D eigenvalue weighted by atomic mass is 16.5. The van der Waals surface area contributed by atoms with E-state index in [0.717, 1.165) is 31.4 Å². The van der Waals surface area contributed by atoms with Crippen molar-refractivity contribution < 1.29 is 15.1 Å². The summed E-state index contributed by atoms with van der Waals surface area (Å²) < 4.78 is 5.64. The average molecular weight is 215 g/mol. The van der Waals surface area contributed by atoms with Crippen molar-refractivity contribution in [2.45, 2.75) is 57.7 Å². The molecule has 0 aromatic heterocycles. The number of ether oxygens (including phenoxy) is 1. The topological polar surface area (TPSA) is 62.0 Å². The SMILES string of the molecule is CCC(C)(O)COC1CCC(=NO)CC1. The van der Waals surface area contributed by atoms with Crippen LogP contribution >= 0.6 is 0 Å². The molecule has 1 aliphatic carbocycles. The number of nitrogens with zero attached hydrogens (tertiary/aromatic N) is 1. The van der Waals surface area contributed by atoms with Gasteiger partial charge in [0.15, 0.2) is 0 Å². The minimum Gasteiger partial charge on any atom is -0.411 e. The van der Waals surface area contributed by atoms with Crippen LogP contribution in [0.4, 0.5) is 0 Å². The van der Waals surface area contributed by atoms with Gasteiger partial charge in [0, 0.05) is 0 Å². The van der Waals surface area contributed by atoms with Crippen LogP contribution < -0.4 is 0 Å². The van der Waals surface area contributed by atoms with Crippen LogP contribution in [-0.2, 0) is 4.74 Å². The van der Waals surface area contributed by atoms with Gasteiger partial charge in [-0.25, -0.2) is 0 Å². The van der Waals surface area contributed by atoms with Crippen LogP contribution in [0.2, 0.25) is 0 Å². The highest BCUT2D eigenvalue weighted by Crippen LogP contribution is 2.20. The van der Waals surface area contributed by atoms with E-state index in [1.807, 2.05) is 6.92 Å². The van der Waals surface area contributed by atoms with Crippen molar-refractivity contribution in [3.63, 3.8) is 0 Å². The Balaban J connectivity index is 2.25. The Kier molecular flexibility index (Phi) is 4.54. The second-order valence-corrected chi connectivity index (χ2v) is 4.53. The predicted octanol–water partition coefficient (Wildman–Crippen LogP) is 1.94. The molecule has 1 saturated carbocycles. The molecule has 4 heteroatoms. The highest BCUT2D eigenvalue weighted by Gasteiger charge is 2.23. The molecule has 1 fully saturated rings. The van der Waals surface area contributed by atoms with E-state index in [4.69, 9.17) is 9.94 Å². The molecule has 0 heterocycles. The van der Waals surface area contributed by atoms with E-state index in [0.29, 0.717) is 13.0 Å². The summed E-state index contributed by atoms with van der Waals surface area (Å²) in [7, 11) is 0. The molecule has 0 radical (unpaired) electrons. The standard InChI is InChI=1S/C11H21NO3/c1-3-11(2,13)8-15-10-6-4-9(12-14)5-7-10/h10,13-14H,3-8H2,1-2H3. The van der Waals surface area contributed by atoms with E-state index in [1.165, 1.54) is 0 Å². The molecule has 0 aromatic rings. The monoisotopic (exact) mass is 215 g/mol. The van der Waals surface area contributed by atoms with E-state index >= 15 is 0 Å². The van der Waals surface area contributed by atoms with E-state index in [1.54, 1.807) is 6.92 Å². The summed E-state index contributed by atoms with van der Waals surface area (Å²) >= 11 is 0. The first kappa shape index (κ1) is 12.5. The number of hydrogen-bond acceptors (Lipinski definition) is 4. The van der Waals surface area contributed by atoms with E-state index in [9.17, 15) is 5.11 Å². The molecule has 0 saturated heterocycles. The average Bonchev–Trinajstić information content (AvgIpc) is 2.27. The minimum absolute atomic E-state index is 0.202. The molecule has 88 valence electrons. The molecule has 1 aliphatic rings. The quantitative estimate of drug-likeness (QED) is 0.556. The molecule has 15 heavy (non-hydrogen) atoms. The summed E-state index contributed by atoms with van der Waals surface area (Å²) in [6.07, 6.45) is 4.28. The van der Waals surface area contributed by atoms with Crippen molar-refractivity contribution in [3.8, 4) is 0 Å². The Labute approximate surface area is 90.9 Å². The van der Waals surface area contributed by atoms with Crippen LogP contribution in [0, 0.1) is 0 Å². The molecule has 1 atom stereocenters. The van der Waals surface area contributed by atoms with Crippen molar-refractivity contribution in [1.82, 2.24) is 0 Å². The molecule has 1 rings (SSSR count). The van der Waals surface area contributed by atoms with E-state index in [-0.39, 0.29) is 6.10 Å². The number of oxime groups is 1. The van der Waals surface area contributed by atoms with Gasteiger partial charge in [0.2, 0.25) is 0 Å². The summed E-state index contributed by atoms with van der Waals surface area (Å²) in [4.78, 5) is 0. The lowest BCUT2D eigenvalue weighted by molar-refractivity contribution is -0.0690. The Bertz CT molecular complexity index is 216. The molecule has 2 N–H and O–H groups in total. The van der Waals surface area contributed by atoms with Gasteiger partial charge in [-0.05, 0) is 39.0 Å². The van der Waals surface area contributed by atoms with Crippen LogP contribution in [0.25, 0.3) is 0 Å². The largest absolute Gasteiger partial charge is 0.411 e. The third-order valence-corrected chi connectivity index (χ3v) is 3.04. The van der Waals surface area contributed by atoms with Crippen LogP contribution in [0.5, 0.6) is 0 Å². The lowest BCUT2D eigenvalue weighted by Crippen LogP contribution is -2.33. The second-order valence-electron chi connectivity index (χ2n) is 4.53. The Morgan fingerprint density at radius 2 is 2.07 bits per heavy atom. The number of rotatable bonds is 4. The zero-order valence-corrected chi connectivity index (χ0v) is 9.57. The van der Waals surface area contributed by atoms with Crippen LogP contribution in [0.3, 0.4) is 0 Å². The fourth-order valence-corrected chi connectivity index (χ4v) is 1.59. The van der Waals surface area contributed by atoms with Gasteiger partial charge in [-0.2, -0.15) is 0 Å². The maximum Gasteiger partial charge on any atom is 0.0849 e. The van der Waals surface area contributed by atoms with Gasteiger partial charge < -0.3 is 15.1 Å². The smallest absolute Gasteiger partial charge is 0.0849 e. The fraction of sp³-hybridized carbons (Fsp3) is 0.909. The summed E-state index contributed by atoms with van der Waals surface area (Å²) in [6.45, 7) is 4.12. The Morgan fingerprint density at radius 1 is 1.47 bits per heavy atom. The molecule has 0 aromatic carbocycles. The summed E-state index contributed by atoms with van der Waals surface area (Å²) in [5.41, 5.74) is 0.142. The second kappa shape index (κ2) is 5.47. The lowest BCUT2D eigenvalue weighted by atomic mass is 9.95. The van der Waals surface area contributed by atoms with Crippen LogP contribution in [-0.4, -0.2) is 34.3 Å². The maximum atomic E-state index is 9.76. The van der Waals surface area contributed by atoms with Crippen molar-refractivity contribution in [2.75, 3.05) is 6.61 Å². The number of aliphatic hydroxyl groups is 1. The fourth-order valence-electron chi connectivity index (χ4n) is 1.59. The third kappa shape index (κ3) is 4.18. The predicted molar refractivity (Wildman–Crippen MR) is 58.3 cm³/mol. The van der Waals surface area contributed by atoms with E-state index < -0.39 is 5.60 Å². The molecule has 0 spiro atoms. The van der Waals surface area contributed by atoms with Gasteiger partial charge >= 0.3 is 0 Å². The van der Waals surface area contributed by atoms with Crippen molar-refractivity contribution in [2.24, 2.45) is 5.16 Å². The molecular weight excluding hydrogens is 194 g/mol. The molecule has 4 nitrogen and oxygen atoms in total. The van der Waals surface area contributed by atoms with Crippen molar-refractivity contribution in [3.05, 3.63) is 0 Å². The van der Waals surface area contributed by atoms with E-state index in [2.05, 4.69) is 5.16 Å². The summed E-state index contributed by atoms with van der Waals surface area (Å²) in [6, 6.07) is 0. The first-order chi connectivity index (χ1) is 7.07. The molecule has 0 aliphatic heterocycles. The molecule has 1 unspecified atom stereocenters. The van der Waals surface area contributed by atoms with Gasteiger partial charge in [0.25, 0.3) is 0 Å². The van der Waals surface area contributed by atoms with Gasteiger partial charge in [-0.15, -0.1) is 0 Å². The van der Waals surface area contributed by atoms with Crippen LogP contribution in [0.1, 0.15) is 46.0 Å². The Hall–Kier alpha value is -0.610.